The Morgan fingerprint density at radius 2 is 1.05 bits per heavy atom. The minimum atomic E-state index is 0.388. The van der Waals surface area contributed by atoms with Gasteiger partial charge in [-0.3, -0.25) is 20.8 Å². The van der Waals surface area contributed by atoms with Crippen molar-refractivity contribution >= 4 is 34.7 Å². The smallest absolute Gasteiger partial charge is 0.231 e. The molecule has 9 nitrogen and oxygen atoms in total. The Bertz CT molecular complexity index is 1490. The van der Waals surface area contributed by atoms with Crippen LogP contribution in [0, 0.1) is 0 Å². The molecule has 5 rings (SSSR count). The molecule has 0 fully saturated rings. The Labute approximate surface area is 226 Å². The molecule has 39 heavy (non-hydrogen) atoms. The van der Waals surface area contributed by atoms with Gasteiger partial charge in [0.2, 0.25) is 5.95 Å². The lowest BCUT2D eigenvalue weighted by molar-refractivity contribution is 1.12. The van der Waals surface area contributed by atoms with Gasteiger partial charge in [-0.1, -0.05) is 48.5 Å². The second kappa shape index (κ2) is 12.2. The van der Waals surface area contributed by atoms with Crippen molar-refractivity contribution in [2.24, 2.45) is 10.2 Å². The van der Waals surface area contributed by atoms with Crippen LogP contribution in [0.3, 0.4) is 0 Å². The first-order valence-corrected chi connectivity index (χ1v) is 12.4. The molecule has 0 bridgehead atoms. The van der Waals surface area contributed by atoms with Gasteiger partial charge in [0.15, 0.2) is 11.6 Å². The average Bonchev–Trinajstić information content (AvgIpc) is 3.00. The van der Waals surface area contributed by atoms with Gasteiger partial charge in [0.25, 0.3) is 0 Å². The second-order valence-electron chi connectivity index (χ2n) is 8.57. The van der Waals surface area contributed by atoms with E-state index in [9.17, 15) is 0 Å². The summed E-state index contributed by atoms with van der Waals surface area (Å²) in [4.78, 5) is 17.8. The number of hydrogen-bond acceptors (Lipinski definition) is 9. The Morgan fingerprint density at radius 3 is 1.54 bits per heavy atom. The molecule has 0 spiro atoms. The van der Waals surface area contributed by atoms with Gasteiger partial charge in [-0.25, -0.2) is 0 Å². The molecular weight excluding hydrogens is 486 g/mol. The van der Waals surface area contributed by atoms with E-state index in [1.54, 1.807) is 24.8 Å². The second-order valence-corrected chi connectivity index (χ2v) is 8.57. The summed E-state index contributed by atoms with van der Waals surface area (Å²) in [7, 11) is 0. The van der Waals surface area contributed by atoms with Crippen LogP contribution in [0.4, 0.5) is 23.3 Å². The van der Waals surface area contributed by atoms with Gasteiger partial charge in [-0.15, -0.1) is 0 Å². The number of nitrogens with zero attached hydrogens (tertiary/aromatic N) is 6. The quantitative estimate of drug-likeness (QED) is 0.155. The third-order valence-corrected chi connectivity index (χ3v) is 5.86. The van der Waals surface area contributed by atoms with E-state index in [0.717, 1.165) is 39.4 Å². The number of rotatable bonds is 9. The summed E-state index contributed by atoms with van der Waals surface area (Å²) < 4.78 is 0. The highest BCUT2D eigenvalue weighted by molar-refractivity contribution is 6.00. The van der Waals surface area contributed by atoms with Crippen LogP contribution in [-0.2, 0) is 0 Å². The van der Waals surface area contributed by atoms with Crippen LogP contribution in [0.5, 0.6) is 0 Å². The molecule has 0 saturated heterocycles. The molecule has 3 heterocycles. The molecule has 0 saturated carbocycles. The van der Waals surface area contributed by atoms with Crippen molar-refractivity contribution in [2.75, 3.05) is 16.2 Å². The topological polar surface area (TPSA) is 112 Å². The molecule has 0 aliphatic rings. The summed E-state index contributed by atoms with van der Waals surface area (Å²) in [5.41, 5.74) is 12.3. The van der Waals surface area contributed by atoms with Crippen LogP contribution >= 0.6 is 0 Å². The Balaban J connectivity index is 1.60. The van der Waals surface area contributed by atoms with Crippen molar-refractivity contribution in [1.29, 1.82) is 0 Å². The molecule has 0 amide bonds. The molecule has 192 valence electrons. The lowest BCUT2D eigenvalue weighted by atomic mass is 10.1. The number of anilines is 4. The summed E-state index contributed by atoms with van der Waals surface area (Å²) in [6, 6.07) is 27.3. The maximum Gasteiger partial charge on any atom is 0.231 e. The summed E-state index contributed by atoms with van der Waals surface area (Å²) in [5, 5.41) is 12.6. The van der Waals surface area contributed by atoms with E-state index in [1.807, 2.05) is 98.8 Å². The number of aromatic nitrogens is 4. The fraction of sp³-hybridized carbons (Fsp3) is 0.0667. The van der Waals surface area contributed by atoms with E-state index in [2.05, 4.69) is 36.3 Å². The molecule has 9 heteroatoms. The Hall–Kier alpha value is -5.44. The Kier molecular flexibility index (Phi) is 7.89. The van der Waals surface area contributed by atoms with Crippen LogP contribution < -0.4 is 16.2 Å². The lowest BCUT2D eigenvalue weighted by Crippen LogP contribution is -2.09. The average molecular weight is 514 g/mol. The van der Waals surface area contributed by atoms with Gasteiger partial charge >= 0.3 is 0 Å². The van der Waals surface area contributed by atoms with E-state index < -0.39 is 0 Å². The highest BCUT2D eigenvalue weighted by Crippen LogP contribution is 2.35. The molecular formula is C30H27N9. The zero-order chi connectivity index (χ0) is 26.9. The van der Waals surface area contributed by atoms with Crippen molar-refractivity contribution < 1.29 is 0 Å². The fourth-order valence-corrected chi connectivity index (χ4v) is 3.80. The van der Waals surface area contributed by atoms with Crippen LogP contribution in [0.1, 0.15) is 25.0 Å². The molecule has 0 atom stereocenters. The third kappa shape index (κ3) is 6.47. The van der Waals surface area contributed by atoms with Crippen molar-refractivity contribution in [3.63, 3.8) is 0 Å². The number of pyridine rings is 2. The lowest BCUT2D eigenvalue weighted by Gasteiger charge is -2.16. The van der Waals surface area contributed by atoms with Crippen molar-refractivity contribution in [1.82, 2.24) is 19.9 Å². The van der Waals surface area contributed by atoms with Crippen molar-refractivity contribution in [3.8, 4) is 11.1 Å². The number of para-hydroxylation sites is 1. The van der Waals surface area contributed by atoms with E-state index >= 15 is 0 Å². The number of hydrazone groups is 2. The third-order valence-electron chi connectivity index (χ3n) is 5.86. The van der Waals surface area contributed by atoms with Gasteiger partial charge in [-0.05, 0) is 55.8 Å². The summed E-state index contributed by atoms with van der Waals surface area (Å²) in [6.07, 6.45) is 6.95. The zero-order valence-corrected chi connectivity index (χ0v) is 21.6. The van der Waals surface area contributed by atoms with E-state index in [-0.39, 0.29) is 0 Å². The predicted octanol–water partition coefficient (Wildman–Crippen LogP) is 6.35. The van der Waals surface area contributed by atoms with Crippen LogP contribution in [0.15, 0.2) is 120 Å². The summed E-state index contributed by atoms with van der Waals surface area (Å²) >= 11 is 0. The van der Waals surface area contributed by atoms with Gasteiger partial charge in [0.1, 0.15) is 0 Å². The maximum atomic E-state index is 4.81. The minimum Gasteiger partial charge on any atom is -0.324 e. The number of benzene rings is 2. The largest absolute Gasteiger partial charge is 0.324 e. The number of nitrogens with one attached hydrogen (secondary N) is 3. The first kappa shape index (κ1) is 25.2. The van der Waals surface area contributed by atoms with Crippen molar-refractivity contribution in [2.45, 2.75) is 13.8 Å². The monoisotopic (exact) mass is 513 g/mol. The molecule has 5 aromatic rings. The molecule has 0 unspecified atom stereocenters. The van der Waals surface area contributed by atoms with Gasteiger partial charge < -0.3 is 5.32 Å². The summed E-state index contributed by atoms with van der Waals surface area (Å²) in [6.45, 7) is 3.85. The van der Waals surface area contributed by atoms with Crippen LogP contribution in [0.25, 0.3) is 11.1 Å². The highest BCUT2D eigenvalue weighted by atomic mass is 15.4. The van der Waals surface area contributed by atoms with E-state index in [4.69, 9.17) is 9.97 Å². The fourth-order valence-electron chi connectivity index (χ4n) is 3.80. The minimum absolute atomic E-state index is 0.388. The molecule has 3 N–H and O–H groups in total. The van der Waals surface area contributed by atoms with Gasteiger partial charge in [0.05, 0.1) is 17.0 Å². The standard InChI is InChI=1S/C30H27N9/c1-21(23-13-17-31-18-14-23)36-38-28-27(25-9-5-3-6-10-25)29(39-37-22(2)24-15-19-32-20-16-24)35-30(34-28)33-26-11-7-4-8-12-26/h3-20H,1-2H3,(H3,33,34,35,38,39). The van der Waals surface area contributed by atoms with Crippen LogP contribution in [0.2, 0.25) is 0 Å². The van der Waals surface area contributed by atoms with Crippen molar-refractivity contribution in [3.05, 3.63) is 121 Å². The normalized spacial score (nSPS) is 11.6. The SMILES string of the molecule is CC(=NNc1nc(Nc2ccccc2)nc(NN=C(C)c2ccncc2)c1-c1ccccc1)c1ccncc1. The van der Waals surface area contributed by atoms with Crippen LogP contribution in [-0.4, -0.2) is 31.4 Å². The maximum absolute atomic E-state index is 4.81. The first-order valence-electron chi connectivity index (χ1n) is 12.4. The zero-order valence-electron chi connectivity index (χ0n) is 21.6. The first-order chi connectivity index (χ1) is 19.2. The van der Waals surface area contributed by atoms with E-state index in [1.165, 1.54) is 0 Å². The van der Waals surface area contributed by atoms with E-state index in [0.29, 0.717) is 17.6 Å². The molecule has 0 aliphatic heterocycles. The highest BCUT2D eigenvalue weighted by Gasteiger charge is 2.17. The molecule has 2 aromatic carbocycles. The Morgan fingerprint density at radius 1 is 0.590 bits per heavy atom. The predicted molar refractivity (Wildman–Crippen MR) is 157 cm³/mol. The number of hydrogen-bond donors (Lipinski definition) is 3. The summed E-state index contributed by atoms with van der Waals surface area (Å²) in [5.74, 6) is 1.42. The molecule has 3 aromatic heterocycles. The van der Waals surface area contributed by atoms with Gasteiger partial charge in [-0.2, -0.15) is 20.2 Å². The molecule has 0 aliphatic carbocycles. The molecule has 0 radical (unpaired) electrons. The van der Waals surface area contributed by atoms with Gasteiger partial charge in [0, 0.05) is 41.6 Å².